The highest BCUT2D eigenvalue weighted by atomic mass is 16.5. The summed E-state index contributed by atoms with van der Waals surface area (Å²) in [7, 11) is 0. The molecule has 0 fully saturated rings. The molecule has 4 heteroatoms. The van der Waals surface area contributed by atoms with E-state index >= 15 is 0 Å². The molecule has 2 rings (SSSR count). The van der Waals surface area contributed by atoms with Crippen molar-refractivity contribution in [1.29, 1.82) is 0 Å². The smallest absolute Gasteiger partial charge is 0.0649 e. The molecule has 134 valence electrons. The zero-order valence-corrected chi connectivity index (χ0v) is 14.5. The summed E-state index contributed by atoms with van der Waals surface area (Å²) < 4.78 is 4.90. The normalized spacial score (nSPS) is 11.0. The molecule has 0 radical (unpaired) electrons. The standard InChI is InChI=1S/C8H6.C6H14O3.C6H10O/c1-2-4-8-6-5-7(8)3-1;1-2-6(3-7,4-8)5-9;1-3-5-7-6-4-2/h1-6H;7-9H,2-5H2,1H3;3-4H,1-2,5-6H2. The molecule has 1 aliphatic carbocycles. The Morgan fingerprint density at radius 1 is 0.917 bits per heavy atom. The summed E-state index contributed by atoms with van der Waals surface area (Å²) >= 11 is 0. The lowest BCUT2D eigenvalue weighted by molar-refractivity contribution is 0.00304. The van der Waals surface area contributed by atoms with Crippen molar-refractivity contribution in [3.8, 4) is 0 Å². The minimum absolute atomic E-state index is 0.156. The van der Waals surface area contributed by atoms with Crippen LogP contribution in [0.2, 0.25) is 0 Å². The lowest BCUT2D eigenvalue weighted by Gasteiger charge is -2.24. The van der Waals surface area contributed by atoms with Gasteiger partial charge in [-0.25, -0.2) is 0 Å². The molecule has 0 saturated carbocycles. The van der Waals surface area contributed by atoms with E-state index in [9.17, 15) is 0 Å². The third-order valence-corrected chi connectivity index (χ3v) is 3.67. The first kappa shape index (κ1) is 22.3. The zero-order chi connectivity index (χ0) is 18.3. The molecule has 1 aromatic carbocycles. The second kappa shape index (κ2) is 13.7. The largest absolute Gasteiger partial charge is 0.396 e. The van der Waals surface area contributed by atoms with Crippen molar-refractivity contribution in [3.05, 3.63) is 60.7 Å². The van der Waals surface area contributed by atoms with Crippen molar-refractivity contribution in [3.63, 3.8) is 0 Å². The van der Waals surface area contributed by atoms with Gasteiger partial charge >= 0.3 is 0 Å². The van der Waals surface area contributed by atoms with E-state index in [0.29, 0.717) is 19.6 Å². The number of fused-ring (bicyclic) bond motifs is 1. The van der Waals surface area contributed by atoms with E-state index in [-0.39, 0.29) is 19.8 Å². The monoisotopic (exact) mass is 334 g/mol. The maximum absolute atomic E-state index is 8.66. The first-order valence-corrected chi connectivity index (χ1v) is 8.02. The highest BCUT2D eigenvalue weighted by Gasteiger charge is 2.24. The van der Waals surface area contributed by atoms with E-state index in [2.05, 4.69) is 49.6 Å². The highest BCUT2D eigenvalue weighted by Crippen LogP contribution is 2.21. The molecule has 1 aromatic rings. The average Bonchev–Trinajstić information content (AvgIpc) is 2.60. The fourth-order valence-corrected chi connectivity index (χ4v) is 1.62. The lowest BCUT2D eigenvalue weighted by atomic mass is 9.88. The topological polar surface area (TPSA) is 69.9 Å². The molecule has 0 spiro atoms. The van der Waals surface area contributed by atoms with Crippen LogP contribution in [-0.2, 0) is 4.74 Å². The molecule has 3 N–H and O–H groups in total. The Hall–Kier alpha value is -1.72. The summed E-state index contributed by atoms with van der Waals surface area (Å²) in [5.74, 6) is 0. The van der Waals surface area contributed by atoms with Gasteiger partial charge in [-0.2, -0.15) is 0 Å². The van der Waals surface area contributed by atoms with Crippen LogP contribution in [0.15, 0.2) is 49.6 Å². The van der Waals surface area contributed by atoms with E-state index < -0.39 is 5.41 Å². The van der Waals surface area contributed by atoms with Gasteiger partial charge in [-0.15, -0.1) is 13.2 Å². The number of hydrogen-bond acceptors (Lipinski definition) is 4. The van der Waals surface area contributed by atoms with Crippen LogP contribution in [0.5, 0.6) is 0 Å². The SMILES string of the molecule is C1=Cc2ccccc21.C=CCOCC=C.CCC(CO)(CO)CO. The maximum Gasteiger partial charge on any atom is 0.0649 e. The fourth-order valence-electron chi connectivity index (χ4n) is 1.62. The Labute approximate surface area is 145 Å². The second-order valence-electron chi connectivity index (χ2n) is 5.40. The maximum atomic E-state index is 8.66. The molecule has 0 aromatic heterocycles. The minimum Gasteiger partial charge on any atom is -0.396 e. The van der Waals surface area contributed by atoms with Crippen molar-refractivity contribution in [2.24, 2.45) is 5.41 Å². The van der Waals surface area contributed by atoms with Gasteiger partial charge in [0, 0.05) is 5.41 Å². The molecule has 0 saturated heterocycles. The van der Waals surface area contributed by atoms with Crippen molar-refractivity contribution in [1.82, 2.24) is 0 Å². The Bertz CT molecular complexity index is 440. The third-order valence-electron chi connectivity index (χ3n) is 3.67. The zero-order valence-electron chi connectivity index (χ0n) is 14.5. The molecule has 1 aliphatic rings. The van der Waals surface area contributed by atoms with Crippen molar-refractivity contribution >= 4 is 12.2 Å². The Kier molecular flexibility index (Phi) is 12.7. The van der Waals surface area contributed by atoms with Crippen LogP contribution >= 0.6 is 0 Å². The van der Waals surface area contributed by atoms with Crippen molar-refractivity contribution in [2.75, 3.05) is 33.0 Å². The molecule has 0 heterocycles. The van der Waals surface area contributed by atoms with E-state index in [1.54, 1.807) is 12.2 Å². The fraction of sp³-hybridized carbons (Fsp3) is 0.400. The van der Waals surface area contributed by atoms with Gasteiger partial charge in [-0.05, 0) is 17.5 Å². The van der Waals surface area contributed by atoms with Gasteiger partial charge in [0.25, 0.3) is 0 Å². The van der Waals surface area contributed by atoms with E-state index in [0.717, 1.165) is 0 Å². The van der Waals surface area contributed by atoms with Gasteiger partial charge in [0.05, 0.1) is 33.0 Å². The van der Waals surface area contributed by atoms with Crippen LogP contribution in [0.4, 0.5) is 0 Å². The van der Waals surface area contributed by atoms with Gasteiger partial charge < -0.3 is 20.1 Å². The van der Waals surface area contributed by atoms with E-state index in [4.69, 9.17) is 20.1 Å². The van der Waals surface area contributed by atoms with Crippen LogP contribution in [-0.4, -0.2) is 48.4 Å². The number of aliphatic hydroxyl groups excluding tert-OH is 3. The first-order chi connectivity index (χ1) is 11.6. The average molecular weight is 334 g/mol. The van der Waals surface area contributed by atoms with Crippen LogP contribution in [0.1, 0.15) is 24.5 Å². The van der Waals surface area contributed by atoms with E-state index in [1.165, 1.54) is 11.1 Å². The second-order valence-corrected chi connectivity index (χ2v) is 5.40. The van der Waals surface area contributed by atoms with E-state index in [1.807, 2.05) is 6.92 Å². The number of aliphatic hydroxyl groups is 3. The molecule has 0 unspecified atom stereocenters. The van der Waals surface area contributed by atoms with Crippen LogP contribution in [0.3, 0.4) is 0 Å². The minimum atomic E-state index is -0.667. The number of hydrogen-bond donors (Lipinski definition) is 3. The third kappa shape index (κ3) is 8.22. The summed E-state index contributed by atoms with van der Waals surface area (Å²) in [6, 6.07) is 8.36. The van der Waals surface area contributed by atoms with Crippen LogP contribution < -0.4 is 0 Å². The molecule has 4 nitrogen and oxygen atoms in total. The predicted octanol–water partition coefficient (Wildman–Crippen LogP) is 2.91. The van der Waals surface area contributed by atoms with Gasteiger partial charge in [-0.1, -0.05) is 55.5 Å². The predicted molar refractivity (Wildman–Crippen MR) is 101 cm³/mol. The number of ether oxygens (including phenoxy) is 1. The quantitative estimate of drug-likeness (QED) is 0.513. The Morgan fingerprint density at radius 2 is 1.33 bits per heavy atom. The lowest BCUT2D eigenvalue weighted by Crippen LogP contribution is -2.32. The molecule has 0 aliphatic heterocycles. The molecule has 0 atom stereocenters. The molecular weight excluding hydrogens is 304 g/mol. The molecular formula is C20H30O4. The van der Waals surface area contributed by atoms with Crippen molar-refractivity contribution in [2.45, 2.75) is 13.3 Å². The van der Waals surface area contributed by atoms with Crippen molar-refractivity contribution < 1.29 is 20.1 Å². The first-order valence-electron chi connectivity index (χ1n) is 8.02. The Morgan fingerprint density at radius 3 is 1.50 bits per heavy atom. The molecule has 0 amide bonds. The number of rotatable bonds is 8. The summed E-state index contributed by atoms with van der Waals surface area (Å²) in [6.45, 7) is 9.53. The number of benzene rings is 1. The summed E-state index contributed by atoms with van der Waals surface area (Å²) in [4.78, 5) is 0. The highest BCUT2D eigenvalue weighted by molar-refractivity contribution is 5.85. The molecule has 24 heavy (non-hydrogen) atoms. The van der Waals surface area contributed by atoms with Gasteiger partial charge in [0.15, 0.2) is 0 Å². The summed E-state index contributed by atoms with van der Waals surface area (Å²) in [6.07, 6.45) is 8.26. The Balaban J connectivity index is 0.000000333. The van der Waals surface area contributed by atoms with Gasteiger partial charge in [0.2, 0.25) is 0 Å². The van der Waals surface area contributed by atoms with Gasteiger partial charge in [-0.3, -0.25) is 0 Å². The summed E-state index contributed by atoms with van der Waals surface area (Å²) in [5, 5.41) is 26.0. The molecule has 0 bridgehead atoms. The van der Waals surface area contributed by atoms with Gasteiger partial charge in [0.1, 0.15) is 0 Å². The summed E-state index contributed by atoms with van der Waals surface area (Å²) in [5.41, 5.74) is 2.07. The van der Waals surface area contributed by atoms with Crippen LogP contribution in [0.25, 0.3) is 12.2 Å². The van der Waals surface area contributed by atoms with Crippen LogP contribution in [0, 0.1) is 5.41 Å².